The van der Waals surface area contributed by atoms with Crippen molar-refractivity contribution in [1.82, 2.24) is 14.5 Å². The number of phenolic OH excluding ortho intramolecular Hbond substituents is 1. The molecule has 0 aliphatic rings. The van der Waals surface area contributed by atoms with Crippen molar-refractivity contribution in [2.75, 3.05) is 7.11 Å². The molecule has 7 nitrogen and oxygen atoms in total. The number of hydrogen-bond acceptors (Lipinski definition) is 6. The normalized spacial score (nSPS) is 10.9. The molecule has 4 aromatic rings. The van der Waals surface area contributed by atoms with Gasteiger partial charge >= 0.3 is 0 Å². The minimum Gasteiger partial charge on any atom is -0.508 e. The molecule has 0 saturated carbocycles. The van der Waals surface area contributed by atoms with Gasteiger partial charge in [-0.05, 0) is 43.2 Å². The predicted molar refractivity (Wildman–Crippen MR) is 120 cm³/mol. The van der Waals surface area contributed by atoms with Gasteiger partial charge in [0.2, 0.25) is 5.88 Å². The summed E-state index contributed by atoms with van der Waals surface area (Å²) in [5.41, 5.74) is 10.5. The fourth-order valence-electron chi connectivity index (χ4n) is 3.45. The minimum atomic E-state index is -0.461. The van der Waals surface area contributed by atoms with E-state index in [0.29, 0.717) is 18.0 Å². The van der Waals surface area contributed by atoms with Crippen LogP contribution < -0.4 is 10.5 Å². The molecule has 3 heterocycles. The molecule has 158 valence electrons. The first-order valence-corrected chi connectivity index (χ1v) is 10.6. The summed E-state index contributed by atoms with van der Waals surface area (Å²) >= 11 is 1.51. The van der Waals surface area contributed by atoms with Gasteiger partial charge in [-0.1, -0.05) is 12.1 Å². The van der Waals surface area contributed by atoms with Crippen molar-refractivity contribution in [3.8, 4) is 33.6 Å². The third kappa shape index (κ3) is 4.29. The number of nitrogens with zero attached hydrogens (tertiary/aromatic N) is 3. The molecular formula is C23H22N4O3S. The first-order chi connectivity index (χ1) is 15.0. The van der Waals surface area contributed by atoms with Crippen molar-refractivity contribution in [1.29, 1.82) is 0 Å². The average molecular weight is 435 g/mol. The molecular weight excluding hydrogens is 412 g/mol. The maximum absolute atomic E-state index is 12.0. The number of carbonyl (C=O) groups is 1. The SMILES string of the molecule is COc1ccc(-c2nc(-c3cc(C(N)=O)c(C)n3CCc3ccc(O)cc3)cs2)cn1. The average Bonchev–Trinajstić information content (AvgIpc) is 3.38. The molecule has 31 heavy (non-hydrogen) atoms. The number of aromatic hydroxyl groups is 1. The summed E-state index contributed by atoms with van der Waals surface area (Å²) in [6, 6.07) is 12.6. The zero-order valence-electron chi connectivity index (χ0n) is 17.2. The van der Waals surface area contributed by atoms with E-state index in [1.165, 1.54) is 11.3 Å². The number of nitrogens with two attached hydrogens (primary N) is 1. The summed E-state index contributed by atoms with van der Waals surface area (Å²) in [7, 11) is 1.58. The van der Waals surface area contributed by atoms with Crippen molar-refractivity contribution in [2.24, 2.45) is 5.73 Å². The van der Waals surface area contributed by atoms with Crippen LogP contribution >= 0.6 is 11.3 Å². The molecule has 4 rings (SSSR count). The lowest BCUT2D eigenvalue weighted by Crippen LogP contribution is -2.13. The highest BCUT2D eigenvalue weighted by Crippen LogP contribution is 2.32. The second-order valence-corrected chi connectivity index (χ2v) is 7.95. The van der Waals surface area contributed by atoms with E-state index in [0.717, 1.165) is 39.6 Å². The standard InChI is InChI=1S/C23H22N4O3S/c1-14-18(22(24)29)11-20(27(14)10-9-15-3-6-17(28)7-4-15)19-13-31-23(26-19)16-5-8-21(30-2)25-12-16/h3-8,11-13,28H,9-10H2,1-2H3,(H2,24,29). The van der Waals surface area contributed by atoms with Gasteiger partial charge in [0, 0.05) is 35.4 Å². The molecule has 1 amide bonds. The Labute approximate surface area is 183 Å². The van der Waals surface area contributed by atoms with Crippen LogP contribution in [-0.4, -0.2) is 32.7 Å². The lowest BCUT2D eigenvalue weighted by Gasteiger charge is -2.11. The summed E-state index contributed by atoms with van der Waals surface area (Å²) in [5, 5.41) is 12.3. The predicted octanol–water partition coefficient (Wildman–Crippen LogP) is 4.04. The molecule has 3 N–H and O–H groups in total. The molecule has 3 aromatic heterocycles. The van der Waals surface area contributed by atoms with E-state index in [4.69, 9.17) is 15.5 Å². The van der Waals surface area contributed by atoms with E-state index in [1.807, 2.05) is 30.5 Å². The Morgan fingerprint density at radius 3 is 2.65 bits per heavy atom. The number of aryl methyl sites for hydroxylation is 1. The smallest absolute Gasteiger partial charge is 0.250 e. The molecule has 0 unspecified atom stereocenters. The number of amides is 1. The number of carbonyl (C=O) groups excluding carboxylic acids is 1. The van der Waals surface area contributed by atoms with Crippen LogP contribution in [0.3, 0.4) is 0 Å². The van der Waals surface area contributed by atoms with Crippen LogP contribution in [0.1, 0.15) is 21.6 Å². The van der Waals surface area contributed by atoms with Crippen molar-refractivity contribution in [3.05, 3.63) is 70.9 Å². The summed E-state index contributed by atoms with van der Waals surface area (Å²) in [5.74, 6) is 0.322. The monoisotopic (exact) mass is 434 g/mol. The lowest BCUT2D eigenvalue weighted by molar-refractivity contribution is 0.0999. The number of ether oxygens (including phenoxy) is 1. The van der Waals surface area contributed by atoms with E-state index in [-0.39, 0.29) is 5.75 Å². The van der Waals surface area contributed by atoms with Gasteiger partial charge in [-0.2, -0.15) is 0 Å². The molecule has 0 radical (unpaired) electrons. The lowest BCUT2D eigenvalue weighted by atomic mass is 10.1. The number of benzene rings is 1. The zero-order chi connectivity index (χ0) is 22.0. The number of aromatic nitrogens is 3. The van der Waals surface area contributed by atoms with Gasteiger partial charge in [-0.15, -0.1) is 11.3 Å². The Hall–Kier alpha value is -3.65. The Morgan fingerprint density at radius 1 is 1.23 bits per heavy atom. The molecule has 1 aromatic carbocycles. The van der Waals surface area contributed by atoms with Crippen LogP contribution in [0.2, 0.25) is 0 Å². The number of hydrogen-bond donors (Lipinski definition) is 2. The highest BCUT2D eigenvalue weighted by Gasteiger charge is 2.19. The van der Waals surface area contributed by atoms with Gasteiger partial charge in [-0.3, -0.25) is 4.79 Å². The number of methoxy groups -OCH3 is 1. The van der Waals surface area contributed by atoms with Crippen LogP contribution in [0.4, 0.5) is 0 Å². The topological polar surface area (TPSA) is 103 Å². The van der Waals surface area contributed by atoms with Crippen LogP contribution in [0.25, 0.3) is 22.0 Å². The second-order valence-electron chi connectivity index (χ2n) is 7.09. The van der Waals surface area contributed by atoms with Gasteiger partial charge in [0.15, 0.2) is 0 Å². The van der Waals surface area contributed by atoms with Gasteiger partial charge < -0.3 is 20.1 Å². The molecule has 0 saturated heterocycles. The van der Waals surface area contributed by atoms with Crippen molar-refractivity contribution in [3.63, 3.8) is 0 Å². The fraction of sp³-hybridized carbons (Fsp3) is 0.174. The van der Waals surface area contributed by atoms with E-state index < -0.39 is 5.91 Å². The van der Waals surface area contributed by atoms with Crippen LogP contribution in [0.15, 0.2) is 54.0 Å². The fourth-order valence-corrected chi connectivity index (χ4v) is 4.25. The summed E-state index contributed by atoms with van der Waals surface area (Å²) < 4.78 is 7.18. The van der Waals surface area contributed by atoms with Gasteiger partial charge in [-0.25, -0.2) is 9.97 Å². The highest BCUT2D eigenvalue weighted by atomic mass is 32.1. The molecule has 0 aliphatic carbocycles. The first kappa shape index (κ1) is 20.6. The molecule has 8 heteroatoms. The zero-order valence-corrected chi connectivity index (χ0v) is 18.0. The summed E-state index contributed by atoms with van der Waals surface area (Å²) in [4.78, 5) is 21.0. The second kappa shape index (κ2) is 8.61. The van der Waals surface area contributed by atoms with Crippen molar-refractivity contribution >= 4 is 17.2 Å². The summed E-state index contributed by atoms with van der Waals surface area (Å²) in [6.07, 6.45) is 2.46. The maximum atomic E-state index is 12.0. The van der Waals surface area contributed by atoms with E-state index in [1.54, 1.807) is 37.6 Å². The number of thiazole rings is 1. The largest absolute Gasteiger partial charge is 0.508 e. The van der Waals surface area contributed by atoms with E-state index >= 15 is 0 Å². The summed E-state index contributed by atoms with van der Waals surface area (Å²) in [6.45, 7) is 2.54. The van der Waals surface area contributed by atoms with Crippen LogP contribution in [0, 0.1) is 6.92 Å². The highest BCUT2D eigenvalue weighted by molar-refractivity contribution is 7.13. The Kier molecular flexibility index (Phi) is 5.73. The molecule has 0 atom stereocenters. The number of pyridine rings is 1. The van der Waals surface area contributed by atoms with Gasteiger partial charge in [0.05, 0.1) is 24.1 Å². The molecule has 0 fully saturated rings. The quantitative estimate of drug-likeness (QED) is 0.457. The molecule has 0 bridgehead atoms. The van der Waals surface area contributed by atoms with Gasteiger partial charge in [0.25, 0.3) is 5.91 Å². The third-order valence-electron chi connectivity index (χ3n) is 5.15. The molecule has 0 spiro atoms. The van der Waals surface area contributed by atoms with Crippen LogP contribution in [-0.2, 0) is 13.0 Å². The van der Waals surface area contributed by atoms with E-state index in [9.17, 15) is 9.90 Å². The number of primary amides is 1. The number of rotatable bonds is 7. The number of phenols is 1. The first-order valence-electron chi connectivity index (χ1n) is 9.70. The Bertz CT molecular complexity index is 1210. The maximum Gasteiger partial charge on any atom is 0.250 e. The van der Waals surface area contributed by atoms with Crippen LogP contribution in [0.5, 0.6) is 11.6 Å². The Morgan fingerprint density at radius 2 is 2.00 bits per heavy atom. The van der Waals surface area contributed by atoms with Gasteiger partial charge in [0.1, 0.15) is 10.8 Å². The van der Waals surface area contributed by atoms with Crippen molar-refractivity contribution in [2.45, 2.75) is 19.9 Å². The third-order valence-corrected chi connectivity index (χ3v) is 6.04. The Balaban J connectivity index is 1.67. The van der Waals surface area contributed by atoms with Crippen molar-refractivity contribution < 1.29 is 14.6 Å². The minimum absolute atomic E-state index is 0.237. The van der Waals surface area contributed by atoms with E-state index in [2.05, 4.69) is 9.55 Å². The molecule has 0 aliphatic heterocycles.